The van der Waals surface area contributed by atoms with Gasteiger partial charge in [0.05, 0.1) is 0 Å². The lowest BCUT2D eigenvalue weighted by Crippen LogP contribution is -2.20. The van der Waals surface area contributed by atoms with Crippen LogP contribution in [0, 0.1) is 0 Å². The summed E-state index contributed by atoms with van der Waals surface area (Å²) in [6, 6.07) is 15.3. The molecular formula is C17H21N3O. The fourth-order valence-corrected chi connectivity index (χ4v) is 2.08. The maximum Gasteiger partial charge on any atom is 0.323 e. The molecule has 2 rings (SSSR count). The first-order chi connectivity index (χ1) is 10.1. The average molecular weight is 283 g/mol. The lowest BCUT2D eigenvalue weighted by Gasteiger charge is -2.14. The molecule has 4 nitrogen and oxygen atoms in total. The van der Waals surface area contributed by atoms with Crippen LogP contribution in [-0.2, 0) is 6.42 Å². The van der Waals surface area contributed by atoms with Gasteiger partial charge in [-0.15, -0.1) is 0 Å². The summed E-state index contributed by atoms with van der Waals surface area (Å²) >= 11 is 0. The molecule has 0 radical (unpaired) electrons. The maximum atomic E-state index is 12.0. The Morgan fingerprint density at radius 2 is 1.67 bits per heavy atom. The summed E-state index contributed by atoms with van der Waals surface area (Å²) in [4.78, 5) is 14.1. The van der Waals surface area contributed by atoms with Gasteiger partial charge >= 0.3 is 6.03 Å². The molecule has 4 heteroatoms. The van der Waals surface area contributed by atoms with Gasteiger partial charge in [0, 0.05) is 31.2 Å². The van der Waals surface area contributed by atoms with E-state index in [9.17, 15) is 4.79 Å². The SMILES string of the molecule is CCc1ccccc1NC(=O)Nc1ccc(N(C)C)cc1. The van der Waals surface area contributed by atoms with Crippen molar-refractivity contribution in [3.05, 3.63) is 54.1 Å². The summed E-state index contributed by atoms with van der Waals surface area (Å²) in [6.07, 6.45) is 0.883. The van der Waals surface area contributed by atoms with Gasteiger partial charge in [-0.05, 0) is 42.3 Å². The van der Waals surface area contributed by atoms with E-state index in [0.29, 0.717) is 0 Å². The van der Waals surface area contributed by atoms with Crippen LogP contribution in [0.25, 0.3) is 0 Å². The summed E-state index contributed by atoms with van der Waals surface area (Å²) in [5, 5.41) is 5.73. The maximum absolute atomic E-state index is 12.0. The van der Waals surface area contributed by atoms with Gasteiger partial charge in [0.1, 0.15) is 0 Å². The molecule has 0 aromatic heterocycles. The highest BCUT2D eigenvalue weighted by Gasteiger charge is 2.05. The lowest BCUT2D eigenvalue weighted by atomic mass is 10.1. The van der Waals surface area contributed by atoms with Gasteiger partial charge < -0.3 is 15.5 Å². The molecule has 0 spiro atoms. The number of hydrogen-bond donors (Lipinski definition) is 2. The molecule has 0 saturated carbocycles. The monoisotopic (exact) mass is 283 g/mol. The van der Waals surface area contributed by atoms with E-state index in [0.717, 1.165) is 29.0 Å². The van der Waals surface area contributed by atoms with Crippen LogP contribution < -0.4 is 15.5 Å². The van der Waals surface area contributed by atoms with Crippen molar-refractivity contribution in [2.75, 3.05) is 29.6 Å². The van der Waals surface area contributed by atoms with Crippen LogP contribution in [0.5, 0.6) is 0 Å². The Bertz CT molecular complexity index is 606. The number of aryl methyl sites for hydroxylation is 1. The predicted molar refractivity (Wildman–Crippen MR) is 89.2 cm³/mol. The number of benzene rings is 2. The van der Waals surface area contributed by atoms with Crippen LogP contribution in [0.2, 0.25) is 0 Å². The highest BCUT2D eigenvalue weighted by molar-refractivity contribution is 6.00. The van der Waals surface area contributed by atoms with Crippen molar-refractivity contribution in [3.8, 4) is 0 Å². The Labute approximate surface area is 125 Å². The van der Waals surface area contributed by atoms with Gasteiger partial charge in [0.25, 0.3) is 0 Å². The Hall–Kier alpha value is -2.49. The summed E-state index contributed by atoms with van der Waals surface area (Å²) in [5.41, 5.74) is 3.84. The van der Waals surface area contributed by atoms with Gasteiger partial charge in [0.15, 0.2) is 0 Å². The van der Waals surface area contributed by atoms with Crippen LogP contribution in [0.4, 0.5) is 21.9 Å². The molecule has 0 bridgehead atoms. The highest BCUT2D eigenvalue weighted by Crippen LogP contribution is 2.18. The molecule has 2 aromatic carbocycles. The third-order valence-corrected chi connectivity index (χ3v) is 3.29. The molecule has 0 aliphatic heterocycles. The minimum Gasteiger partial charge on any atom is -0.378 e. The van der Waals surface area contributed by atoms with Crippen LogP contribution in [-0.4, -0.2) is 20.1 Å². The predicted octanol–water partition coefficient (Wildman–Crippen LogP) is 3.96. The fraction of sp³-hybridized carbons (Fsp3) is 0.235. The number of carbonyl (C=O) groups excluding carboxylic acids is 1. The number of nitrogens with one attached hydrogen (secondary N) is 2. The fourth-order valence-electron chi connectivity index (χ4n) is 2.08. The van der Waals surface area contributed by atoms with Gasteiger partial charge in [-0.25, -0.2) is 4.79 Å². The van der Waals surface area contributed by atoms with Crippen molar-refractivity contribution in [1.82, 2.24) is 0 Å². The molecule has 21 heavy (non-hydrogen) atoms. The molecule has 0 unspecified atom stereocenters. The molecule has 110 valence electrons. The third kappa shape index (κ3) is 3.99. The number of rotatable bonds is 4. The van der Waals surface area contributed by atoms with Crippen molar-refractivity contribution >= 4 is 23.1 Å². The molecule has 0 fully saturated rings. The second-order valence-corrected chi connectivity index (χ2v) is 5.03. The van der Waals surface area contributed by atoms with E-state index >= 15 is 0 Å². The van der Waals surface area contributed by atoms with Gasteiger partial charge in [-0.2, -0.15) is 0 Å². The quantitative estimate of drug-likeness (QED) is 0.892. The summed E-state index contributed by atoms with van der Waals surface area (Å²) in [7, 11) is 3.97. The second-order valence-electron chi connectivity index (χ2n) is 5.03. The minimum absolute atomic E-state index is 0.228. The average Bonchev–Trinajstić information content (AvgIpc) is 2.48. The van der Waals surface area contributed by atoms with E-state index in [1.807, 2.05) is 67.5 Å². The molecule has 2 amide bonds. The van der Waals surface area contributed by atoms with E-state index < -0.39 is 0 Å². The van der Waals surface area contributed by atoms with E-state index in [1.54, 1.807) is 0 Å². The van der Waals surface area contributed by atoms with Gasteiger partial charge in [0.2, 0.25) is 0 Å². The summed E-state index contributed by atoms with van der Waals surface area (Å²) in [5.74, 6) is 0. The van der Waals surface area contributed by atoms with E-state index in [1.165, 1.54) is 0 Å². The number of para-hydroxylation sites is 1. The third-order valence-electron chi connectivity index (χ3n) is 3.29. The topological polar surface area (TPSA) is 44.4 Å². The zero-order valence-corrected chi connectivity index (χ0v) is 12.7. The largest absolute Gasteiger partial charge is 0.378 e. The molecule has 0 atom stereocenters. The molecule has 0 saturated heterocycles. The smallest absolute Gasteiger partial charge is 0.323 e. The second kappa shape index (κ2) is 6.79. The number of urea groups is 1. The summed E-state index contributed by atoms with van der Waals surface area (Å²) in [6.45, 7) is 2.07. The van der Waals surface area contributed by atoms with Crippen molar-refractivity contribution in [2.45, 2.75) is 13.3 Å². The van der Waals surface area contributed by atoms with Crippen molar-refractivity contribution in [2.24, 2.45) is 0 Å². The van der Waals surface area contributed by atoms with E-state index in [4.69, 9.17) is 0 Å². The van der Waals surface area contributed by atoms with Crippen molar-refractivity contribution < 1.29 is 4.79 Å². The molecule has 2 N–H and O–H groups in total. The molecule has 0 aliphatic carbocycles. The highest BCUT2D eigenvalue weighted by atomic mass is 16.2. The first kappa shape index (κ1) is 14.9. The zero-order chi connectivity index (χ0) is 15.2. The first-order valence-electron chi connectivity index (χ1n) is 7.03. The normalized spacial score (nSPS) is 10.0. The lowest BCUT2D eigenvalue weighted by molar-refractivity contribution is 0.262. The standard InChI is InChI=1S/C17H21N3O/c1-4-13-7-5-6-8-16(13)19-17(21)18-14-9-11-15(12-10-14)20(2)3/h5-12H,4H2,1-3H3,(H2,18,19,21). The molecular weight excluding hydrogens is 262 g/mol. The Morgan fingerprint density at radius 3 is 2.29 bits per heavy atom. The molecule has 0 aliphatic rings. The number of carbonyl (C=O) groups is 1. The van der Waals surface area contributed by atoms with E-state index in [-0.39, 0.29) is 6.03 Å². The molecule has 2 aromatic rings. The van der Waals surface area contributed by atoms with Crippen LogP contribution in [0.15, 0.2) is 48.5 Å². The zero-order valence-electron chi connectivity index (χ0n) is 12.7. The molecule has 0 heterocycles. The van der Waals surface area contributed by atoms with Crippen molar-refractivity contribution in [1.29, 1.82) is 0 Å². The Balaban J connectivity index is 2.01. The van der Waals surface area contributed by atoms with Gasteiger partial charge in [-0.1, -0.05) is 25.1 Å². The minimum atomic E-state index is -0.228. The van der Waals surface area contributed by atoms with Crippen LogP contribution in [0.1, 0.15) is 12.5 Å². The van der Waals surface area contributed by atoms with E-state index in [2.05, 4.69) is 17.6 Å². The number of amides is 2. The van der Waals surface area contributed by atoms with Gasteiger partial charge in [-0.3, -0.25) is 0 Å². The first-order valence-corrected chi connectivity index (χ1v) is 7.03. The number of anilines is 3. The number of hydrogen-bond acceptors (Lipinski definition) is 2. The van der Waals surface area contributed by atoms with Crippen LogP contribution in [0.3, 0.4) is 0 Å². The Morgan fingerprint density at radius 1 is 1.00 bits per heavy atom. The Kier molecular flexibility index (Phi) is 4.82. The summed E-state index contributed by atoms with van der Waals surface area (Å²) < 4.78 is 0. The number of nitrogens with zero attached hydrogens (tertiary/aromatic N) is 1. The van der Waals surface area contributed by atoms with Crippen LogP contribution >= 0.6 is 0 Å². The van der Waals surface area contributed by atoms with Crippen molar-refractivity contribution in [3.63, 3.8) is 0 Å².